The number of nitriles is 1. The van der Waals surface area contributed by atoms with Crippen molar-refractivity contribution < 1.29 is 9.83 Å². The van der Waals surface area contributed by atoms with Crippen molar-refractivity contribution in [2.75, 3.05) is 13.1 Å². The molecule has 0 aliphatic carbocycles. The molecule has 1 rings (SSSR count). The second kappa shape index (κ2) is 8.78. The third-order valence-electron chi connectivity index (χ3n) is 3.41. The first kappa shape index (κ1) is 17.6. The van der Waals surface area contributed by atoms with E-state index in [0.717, 1.165) is 6.42 Å². The summed E-state index contributed by atoms with van der Waals surface area (Å²) in [5.74, 6) is -0.443. The van der Waals surface area contributed by atoms with Gasteiger partial charge in [0.2, 0.25) is 5.91 Å². The maximum atomic E-state index is 12.1. The number of aliphatic imine (C=N–C) groups is 1. The molecule has 0 radical (unpaired) electrons. The summed E-state index contributed by atoms with van der Waals surface area (Å²) in [4.78, 5) is 27.5. The molecule has 0 aromatic rings. The molecular weight excluding hydrogens is 290 g/mol. The molecule has 0 saturated carbocycles. The fourth-order valence-corrected chi connectivity index (χ4v) is 2.31. The van der Waals surface area contributed by atoms with Crippen LogP contribution in [0.4, 0.5) is 0 Å². The molecule has 1 aliphatic heterocycles. The summed E-state index contributed by atoms with van der Waals surface area (Å²) >= 11 is 0. The number of unbranched alkanes of at least 4 members (excludes halogenated alkanes) is 1. The summed E-state index contributed by atoms with van der Waals surface area (Å²) in [6, 6.07) is 1.11. The van der Waals surface area contributed by atoms with Gasteiger partial charge in [0.1, 0.15) is 6.04 Å². The fourth-order valence-electron chi connectivity index (χ4n) is 2.31. The lowest BCUT2D eigenvalue weighted by Gasteiger charge is -2.23. The highest BCUT2D eigenvalue weighted by Gasteiger charge is 2.31. The first-order chi connectivity index (χ1) is 10.5. The van der Waals surface area contributed by atoms with Crippen molar-refractivity contribution in [3.05, 3.63) is 10.1 Å². The number of carbonyl (C=O) groups is 1. The van der Waals surface area contributed by atoms with E-state index in [2.05, 4.69) is 11.1 Å². The van der Waals surface area contributed by atoms with Crippen molar-refractivity contribution in [3.8, 4) is 6.07 Å². The van der Waals surface area contributed by atoms with E-state index in [1.807, 2.05) is 0 Å². The van der Waals surface area contributed by atoms with Crippen LogP contribution in [0.15, 0.2) is 4.99 Å². The lowest BCUT2D eigenvalue weighted by molar-refractivity contribution is -0.525. The molecule has 2 unspecified atom stereocenters. The first-order valence-electron chi connectivity index (χ1n) is 7.12. The van der Waals surface area contributed by atoms with Crippen LogP contribution in [0.2, 0.25) is 0 Å². The number of nitrogens with zero attached hydrogens (tertiary/aromatic N) is 4. The zero-order valence-corrected chi connectivity index (χ0v) is 12.3. The monoisotopic (exact) mass is 311 g/mol. The number of amides is 1. The highest BCUT2D eigenvalue weighted by Crippen LogP contribution is 2.18. The van der Waals surface area contributed by atoms with Gasteiger partial charge in [-0.25, -0.2) is 15.1 Å². The number of nitrogens with two attached hydrogens (primary N) is 2. The molecule has 1 heterocycles. The van der Waals surface area contributed by atoms with E-state index in [4.69, 9.17) is 16.7 Å². The number of hydrogen-bond acceptors (Lipinski definition) is 6. The molecule has 0 spiro atoms. The van der Waals surface area contributed by atoms with Gasteiger partial charge in [-0.05, 0) is 32.1 Å². The van der Waals surface area contributed by atoms with Crippen LogP contribution >= 0.6 is 0 Å². The van der Waals surface area contributed by atoms with Crippen molar-refractivity contribution in [3.63, 3.8) is 0 Å². The van der Waals surface area contributed by atoms with Gasteiger partial charge < -0.3 is 16.4 Å². The molecule has 5 N–H and O–H groups in total. The van der Waals surface area contributed by atoms with Crippen molar-refractivity contribution in [1.82, 2.24) is 10.3 Å². The lowest BCUT2D eigenvalue weighted by Crippen LogP contribution is -2.45. The van der Waals surface area contributed by atoms with Crippen LogP contribution in [0, 0.1) is 21.4 Å². The Morgan fingerprint density at radius 1 is 1.59 bits per heavy atom. The normalized spacial score (nSPS) is 19.5. The molecule has 10 heteroatoms. The largest absolute Gasteiger partial charge is 0.365 e. The molecule has 1 amide bonds. The highest BCUT2D eigenvalue weighted by molar-refractivity contribution is 5.82. The Balaban J connectivity index is 2.26. The quantitative estimate of drug-likeness (QED) is 0.180. The minimum atomic E-state index is -0.783. The molecule has 1 saturated heterocycles. The van der Waals surface area contributed by atoms with Gasteiger partial charge in [-0.3, -0.25) is 4.79 Å². The summed E-state index contributed by atoms with van der Waals surface area (Å²) in [5, 5.41) is 18.3. The topological polar surface area (TPSA) is 164 Å². The molecule has 1 fully saturated rings. The zero-order valence-electron chi connectivity index (χ0n) is 12.3. The molecule has 122 valence electrons. The van der Waals surface area contributed by atoms with E-state index in [-0.39, 0.29) is 17.9 Å². The van der Waals surface area contributed by atoms with E-state index in [0.29, 0.717) is 38.8 Å². The Hall–Kier alpha value is -2.41. The van der Waals surface area contributed by atoms with Crippen molar-refractivity contribution in [2.24, 2.45) is 16.5 Å². The van der Waals surface area contributed by atoms with E-state index in [1.165, 1.54) is 0 Å². The Bertz CT molecular complexity index is 474. The van der Waals surface area contributed by atoms with Crippen LogP contribution in [0.3, 0.4) is 0 Å². The second-order valence-corrected chi connectivity index (χ2v) is 5.06. The predicted octanol–water partition coefficient (Wildman–Crippen LogP) is -0.905. The van der Waals surface area contributed by atoms with E-state index >= 15 is 0 Å². The van der Waals surface area contributed by atoms with Crippen molar-refractivity contribution in [2.45, 2.75) is 44.2 Å². The lowest BCUT2D eigenvalue weighted by atomic mass is 10.1. The summed E-state index contributed by atoms with van der Waals surface area (Å²) in [6.45, 7) is 0.899. The third-order valence-corrected chi connectivity index (χ3v) is 3.41. The van der Waals surface area contributed by atoms with E-state index < -0.39 is 11.1 Å². The predicted molar refractivity (Wildman–Crippen MR) is 78.8 cm³/mol. The number of likely N-dealkylation sites (tertiary alicyclic amines) is 1. The SMILES string of the molecule is N#CC1CCCN1C(=O)C(N)CCCCN=C(N)N[N+](=O)[O-]. The molecule has 1 aliphatic rings. The van der Waals surface area contributed by atoms with Gasteiger partial charge in [-0.15, -0.1) is 0 Å². The van der Waals surface area contributed by atoms with E-state index in [9.17, 15) is 14.9 Å². The van der Waals surface area contributed by atoms with Crippen LogP contribution in [0.25, 0.3) is 0 Å². The zero-order chi connectivity index (χ0) is 16.5. The van der Waals surface area contributed by atoms with Crippen LogP contribution < -0.4 is 16.9 Å². The van der Waals surface area contributed by atoms with Crippen molar-refractivity contribution in [1.29, 1.82) is 5.26 Å². The average molecular weight is 311 g/mol. The van der Waals surface area contributed by atoms with Gasteiger partial charge >= 0.3 is 0 Å². The number of hydrogen-bond donors (Lipinski definition) is 3. The number of hydrazine groups is 1. The summed E-state index contributed by atoms with van der Waals surface area (Å²) in [5.41, 5.74) is 12.9. The minimum absolute atomic E-state index is 0.193. The summed E-state index contributed by atoms with van der Waals surface area (Å²) in [6.07, 6.45) is 3.27. The van der Waals surface area contributed by atoms with Gasteiger partial charge in [-0.1, -0.05) is 5.43 Å². The third kappa shape index (κ3) is 5.53. The number of nitro groups is 1. The molecule has 22 heavy (non-hydrogen) atoms. The number of carbonyl (C=O) groups excluding carboxylic acids is 1. The Morgan fingerprint density at radius 3 is 2.95 bits per heavy atom. The van der Waals surface area contributed by atoms with Gasteiger partial charge in [0.15, 0.2) is 5.03 Å². The maximum absolute atomic E-state index is 12.1. The standard InChI is InChI=1S/C12H21N7O3/c13-8-9-4-3-7-18(9)11(20)10(14)5-1-2-6-16-12(15)17-19(21)22/h9-10H,1-7,14H2,(H3,15,16,17). The van der Waals surface area contributed by atoms with Crippen LogP contribution in [0.1, 0.15) is 32.1 Å². The smallest absolute Gasteiger partial charge is 0.251 e. The van der Waals surface area contributed by atoms with Crippen LogP contribution in [0.5, 0.6) is 0 Å². The molecule has 2 atom stereocenters. The number of guanidine groups is 1. The second-order valence-electron chi connectivity index (χ2n) is 5.06. The Kier molecular flexibility index (Phi) is 7.04. The molecule has 0 aromatic carbocycles. The van der Waals surface area contributed by atoms with Gasteiger partial charge in [0.25, 0.3) is 5.96 Å². The van der Waals surface area contributed by atoms with Crippen LogP contribution in [-0.2, 0) is 4.79 Å². The highest BCUT2D eigenvalue weighted by atomic mass is 16.7. The van der Waals surface area contributed by atoms with Gasteiger partial charge in [0, 0.05) is 13.1 Å². The molecule has 0 aromatic heterocycles. The molecular formula is C12H21N7O3. The fraction of sp³-hybridized carbons (Fsp3) is 0.750. The first-order valence-corrected chi connectivity index (χ1v) is 7.12. The van der Waals surface area contributed by atoms with Gasteiger partial charge in [-0.2, -0.15) is 5.26 Å². The number of rotatable bonds is 7. The average Bonchev–Trinajstić information content (AvgIpc) is 2.93. The molecule has 0 bridgehead atoms. The Morgan fingerprint density at radius 2 is 2.32 bits per heavy atom. The van der Waals surface area contributed by atoms with Crippen LogP contribution in [-0.4, -0.2) is 47.0 Å². The summed E-state index contributed by atoms with van der Waals surface area (Å²) < 4.78 is 0. The molecule has 10 nitrogen and oxygen atoms in total. The van der Waals surface area contributed by atoms with Crippen molar-refractivity contribution >= 4 is 11.9 Å². The maximum Gasteiger partial charge on any atom is 0.251 e. The Labute approximate surface area is 128 Å². The number of nitrogens with one attached hydrogen (secondary N) is 1. The van der Waals surface area contributed by atoms with E-state index in [1.54, 1.807) is 10.3 Å². The van der Waals surface area contributed by atoms with Gasteiger partial charge in [0.05, 0.1) is 12.1 Å². The summed E-state index contributed by atoms with van der Waals surface area (Å²) in [7, 11) is 0. The minimum Gasteiger partial charge on any atom is -0.365 e.